The van der Waals surface area contributed by atoms with Crippen LogP contribution in [0, 0.1) is 13.8 Å². The molecule has 0 aromatic heterocycles. The third-order valence-electron chi connectivity index (χ3n) is 17.5. The van der Waals surface area contributed by atoms with E-state index in [9.17, 15) is 19.2 Å². The van der Waals surface area contributed by atoms with E-state index in [1.165, 1.54) is 0 Å². The Bertz CT molecular complexity index is 4570. The van der Waals surface area contributed by atoms with Crippen LogP contribution in [0.15, 0.2) is 206 Å². The van der Waals surface area contributed by atoms with Gasteiger partial charge in [-0.2, -0.15) is 0 Å². The van der Waals surface area contributed by atoms with E-state index in [1.807, 2.05) is 158 Å². The van der Waals surface area contributed by atoms with Crippen molar-refractivity contribution >= 4 is 102 Å². The number of carbonyl (C=O) groups is 4. The molecule has 0 bridgehead atoms. The molecule has 86 heavy (non-hydrogen) atoms. The van der Waals surface area contributed by atoms with Crippen LogP contribution in [0.1, 0.15) is 74.8 Å². The Morgan fingerprint density at radius 2 is 0.651 bits per heavy atom. The van der Waals surface area contributed by atoms with Crippen molar-refractivity contribution in [3.63, 3.8) is 0 Å². The predicted molar refractivity (Wildman–Crippen MR) is 335 cm³/mol. The first-order valence-electron chi connectivity index (χ1n) is 28.7. The molecule has 0 unspecified atom stereocenters. The van der Waals surface area contributed by atoms with Crippen molar-refractivity contribution in [3.05, 3.63) is 262 Å². The van der Waals surface area contributed by atoms with Crippen molar-refractivity contribution in [1.82, 2.24) is 0 Å². The molecule has 0 N–H and O–H groups in total. The zero-order valence-electron chi connectivity index (χ0n) is 46.7. The molecule has 0 spiro atoms. The van der Waals surface area contributed by atoms with Crippen LogP contribution < -0.4 is 42.3 Å². The number of carbonyl (C=O) groups excluding carboxylic acids is 4. The number of hydrogen-bond donors (Lipinski definition) is 0. The van der Waals surface area contributed by atoms with Crippen molar-refractivity contribution < 1.29 is 47.6 Å². The smallest absolute Gasteiger partial charge is 0.338 e. The van der Waals surface area contributed by atoms with E-state index in [0.29, 0.717) is 45.3 Å². The predicted octanol–water partition coefficient (Wildman–Crippen LogP) is 11.8. The van der Waals surface area contributed by atoms with Crippen LogP contribution in [0.4, 0.5) is 0 Å². The standard InChI is InChI=1S/C74H48B2O10/c1-41-27-53-55-29-49(73(79)83-39-45-19-11-5-12-20-45)33-63-69(55)76(58-26-24-48(32-62(58)85-63)72(78)82-38-44-17-9-4-10-18-44)60-36-52-42(2)28-54-56-30-50(74(80)84-40-46-21-13-6-14-22-46)34-64-70(56)75(59-35-51(41)67(65(53)60)68(52)66(54)59)57-25-23-47(31-61(57)86-64)71(77)81-37-43-15-7-3-8-16-43/h3-36H,37-40H2,1-2H3. The highest BCUT2D eigenvalue weighted by Gasteiger charge is 2.45. The van der Waals surface area contributed by atoms with Crippen LogP contribution in [0.2, 0.25) is 0 Å². The van der Waals surface area contributed by atoms with E-state index in [0.717, 1.165) is 121 Å². The summed E-state index contributed by atoms with van der Waals surface area (Å²) in [5, 5.41) is 6.33. The van der Waals surface area contributed by atoms with Gasteiger partial charge in [0.05, 0.1) is 22.3 Å². The zero-order chi connectivity index (χ0) is 57.9. The van der Waals surface area contributed by atoms with E-state index in [4.69, 9.17) is 28.4 Å². The van der Waals surface area contributed by atoms with Gasteiger partial charge in [-0.15, -0.1) is 0 Å². The fourth-order valence-corrected chi connectivity index (χ4v) is 13.6. The van der Waals surface area contributed by atoms with Crippen molar-refractivity contribution in [2.24, 2.45) is 0 Å². The summed E-state index contributed by atoms with van der Waals surface area (Å²) in [6.45, 7) is 3.90. The van der Waals surface area contributed by atoms with Gasteiger partial charge in [0.2, 0.25) is 0 Å². The maximum Gasteiger partial charge on any atom is 0.338 e. The minimum Gasteiger partial charge on any atom is -0.458 e. The van der Waals surface area contributed by atoms with Crippen molar-refractivity contribution in [1.29, 1.82) is 0 Å². The Morgan fingerprint density at radius 3 is 1.00 bits per heavy atom. The molecule has 16 rings (SSSR count). The number of fused-ring (bicyclic) bond motifs is 8. The molecule has 0 saturated carbocycles. The van der Waals surface area contributed by atoms with E-state index < -0.39 is 23.9 Å². The largest absolute Gasteiger partial charge is 0.458 e. The first-order chi connectivity index (χ1) is 42.1. The molecule has 12 aromatic carbocycles. The SMILES string of the molecule is Cc1cc2c3c(cc4c(C)cc5c6c(cc1c3c46)B1c3ccc(C(=O)OCc4ccccc4)cc3Oc3cc(C(=O)OCc4ccccc4)cc-5c31)B1c3ccc(C(=O)OCc4ccccc4)cc3Oc3cc(C(=O)OCc4ccccc4)cc-2c31. The Kier molecular flexibility index (Phi) is 11.8. The Balaban J connectivity index is 0.897. The molecule has 0 fully saturated rings. The Hall–Kier alpha value is -10.7. The fraction of sp³-hybridized carbons (Fsp3) is 0.0811. The summed E-state index contributed by atoms with van der Waals surface area (Å²) in [6.07, 6.45) is 0. The number of benzene rings is 12. The van der Waals surface area contributed by atoms with Gasteiger partial charge in [0.1, 0.15) is 49.4 Å². The first kappa shape index (κ1) is 51.0. The molecule has 0 amide bonds. The number of hydrogen-bond acceptors (Lipinski definition) is 10. The molecule has 410 valence electrons. The molecule has 12 aromatic rings. The van der Waals surface area contributed by atoms with Gasteiger partial charge in [0.25, 0.3) is 13.4 Å². The second kappa shape index (κ2) is 20.0. The Labute approximate surface area is 495 Å². The Morgan fingerprint density at radius 1 is 0.326 bits per heavy atom. The van der Waals surface area contributed by atoms with Crippen molar-refractivity contribution in [2.45, 2.75) is 40.3 Å². The van der Waals surface area contributed by atoms with Crippen LogP contribution in [-0.4, -0.2) is 37.3 Å². The average molecular weight is 1120 g/mol. The van der Waals surface area contributed by atoms with E-state index in [-0.39, 0.29) is 39.9 Å². The molecule has 0 aliphatic carbocycles. The molecule has 4 heterocycles. The average Bonchev–Trinajstić information content (AvgIpc) is 0.688. The van der Waals surface area contributed by atoms with Gasteiger partial charge in [-0.1, -0.05) is 169 Å². The number of esters is 4. The van der Waals surface area contributed by atoms with Gasteiger partial charge >= 0.3 is 23.9 Å². The molecular weight excluding hydrogens is 1070 g/mol. The molecule has 4 aliphatic rings. The summed E-state index contributed by atoms with van der Waals surface area (Å²) < 4.78 is 37.6. The van der Waals surface area contributed by atoms with Gasteiger partial charge < -0.3 is 28.4 Å². The first-order valence-corrected chi connectivity index (χ1v) is 28.7. The molecule has 4 aliphatic heterocycles. The lowest BCUT2D eigenvalue weighted by molar-refractivity contribution is 0.0463. The number of aryl methyl sites for hydroxylation is 2. The normalized spacial score (nSPS) is 12.6. The van der Waals surface area contributed by atoms with Crippen LogP contribution in [-0.2, 0) is 45.4 Å². The number of rotatable bonds is 12. The molecule has 0 radical (unpaired) electrons. The second-order valence-corrected chi connectivity index (χ2v) is 22.7. The molecule has 0 atom stereocenters. The summed E-state index contributed by atoms with van der Waals surface area (Å²) in [5.41, 5.74) is 16.1. The van der Waals surface area contributed by atoms with Crippen LogP contribution in [0.3, 0.4) is 0 Å². The fourth-order valence-electron chi connectivity index (χ4n) is 13.6. The monoisotopic (exact) mass is 1120 g/mol. The highest BCUT2D eigenvalue weighted by molar-refractivity contribution is 7.01. The van der Waals surface area contributed by atoms with Gasteiger partial charge in [-0.05, 0) is 172 Å². The third-order valence-corrected chi connectivity index (χ3v) is 17.5. The summed E-state index contributed by atoms with van der Waals surface area (Å²) in [7, 11) is 0. The molecule has 12 heteroatoms. The van der Waals surface area contributed by atoms with Crippen LogP contribution in [0.5, 0.6) is 23.0 Å². The van der Waals surface area contributed by atoms with Crippen molar-refractivity contribution in [2.75, 3.05) is 0 Å². The van der Waals surface area contributed by atoms with Gasteiger partial charge in [-0.3, -0.25) is 0 Å². The third kappa shape index (κ3) is 8.26. The lowest BCUT2D eigenvalue weighted by atomic mass is 9.31. The highest BCUT2D eigenvalue weighted by atomic mass is 16.5. The van der Waals surface area contributed by atoms with Gasteiger partial charge in [-0.25, -0.2) is 19.2 Å². The zero-order valence-corrected chi connectivity index (χ0v) is 46.7. The lowest BCUT2D eigenvalue weighted by Crippen LogP contribution is -2.58. The van der Waals surface area contributed by atoms with Gasteiger partial charge in [0, 0.05) is 0 Å². The topological polar surface area (TPSA) is 124 Å². The maximum absolute atomic E-state index is 14.4. The van der Waals surface area contributed by atoms with E-state index in [2.05, 4.69) is 38.1 Å². The summed E-state index contributed by atoms with van der Waals surface area (Å²) in [5.74, 6) is -0.0299. The van der Waals surface area contributed by atoms with E-state index >= 15 is 0 Å². The summed E-state index contributed by atoms with van der Waals surface area (Å²) in [4.78, 5) is 56.5. The summed E-state index contributed by atoms with van der Waals surface area (Å²) in [6, 6.07) is 65.9. The van der Waals surface area contributed by atoms with Gasteiger partial charge in [0.15, 0.2) is 0 Å². The lowest BCUT2D eigenvalue weighted by Gasteiger charge is -2.37. The minimum absolute atomic E-state index is 0.0832. The van der Waals surface area contributed by atoms with E-state index in [1.54, 1.807) is 24.3 Å². The van der Waals surface area contributed by atoms with Crippen LogP contribution in [0.25, 0.3) is 54.6 Å². The quantitative estimate of drug-likeness (QED) is 0.0505. The molecule has 10 nitrogen and oxygen atoms in total. The van der Waals surface area contributed by atoms with Crippen LogP contribution >= 0.6 is 0 Å². The summed E-state index contributed by atoms with van der Waals surface area (Å²) >= 11 is 0. The molecular formula is C74H48B2O10. The minimum atomic E-state index is -0.501. The molecule has 0 saturated heterocycles. The second-order valence-electron chi connectivity index (χ2n) is 22.7. The van der Waals surface area contributed by atoms with Crippen molar-refractivity contribution in [3.8, 4) is 45.3 Å². The highest BCUT2D eigenvalue weighted by Crippen LogP contribution is 2.49. The number of ether oxygens (including phenoxy) is 6. The maximum atomic E-state index is 14.4.